The molecule has 1 amide bonds. The highest BCUT2D eigenvalue weighted by molar-refractivity contribution is 6.12. The second-order valence-corrected chi connectivity index (χ2v) is 8.18. The molecule has 0 atom stereocenters. The van der Waals surface area contributed by atoms with Crippen LogP contribution in [-0.2, 0) is 6.61 Å². The number of amides is 1. The van der Waals surface area contributed by atoms with E-state index >= 15 is 0 Å². The molecule has 0 saturated carbocycles. The number of pyridine rings is 1. The Balaban J connectivity index is 1.50. The lowest BCUT2D eigenvalue weighted by atomic mass is 10.0. The number of methoxy groups -OCH3 is 2. The third kappa shape index (κ3) is 4.72. The zero-order chi connectivity index (χ0) is 25.9. The minimum atomic E-state index is -0.495. The van der Waals surface area contributed by atoms with E-state index in [0.717, 1.165) is 11.1 Å². The molecular formula is C27H22N4O6. The molecule has 4 aromatic rings. The fourth-order valence-corrected chi connectivity index (χ4v) is 4.05. The molecule has 10 nitrogen and oxygen atoms in total. The van der Waals surface area contributed by atoms with Crippen LogP contribution < -0.4 is 24.8 Å². The number of nitro groups is 1. The summed E-state index contributed by atoms with van der Waals surface area (Å²) < 4.78 is 16.7. The van der Waals surface area contributed by atoms with E-state index in [4.69, 9.17) is 14.2 Å². The Kier molecular flexibility index (Phi) is 6.29. The first-order valence-electron chi connectivity index (χ1n) is 11.3. The Morgan fingerprint density at radius 2 is 1.59 bits per heavy atom. The van der Waals surface area contributed by atoms with Crippen molar-refractivity contribution in [2.75, 3.05) is 24.9 Å². The highest BCUT2D eigenvalue weighted by atomic mass is 16.6. The Morgan fingerprint density at radius 1 is 0.865 bits per heavy atom. The van der Waals surface area contributed by atoms with Gasteiger partial charge in [-0.3, -0.25) is 19.9 Å². The number of nitro benzene ring substituents is 1. The molecule has 0 fully saturated rings. The van der Waals surface area contributed by atoms with Gasteiger partial charge in [0.15, 0.2) is 17.2 Å². The van der Waals surface area contributed by atoms with E-state index in [1.165, 1.54) is 20.3 Å². The van der Waals surface area contributed by atoms with Gasteiger partial charge < -0.3 is 24.8 Å². The summed E-state index contributed by atoms with van der Waals surface area (Å²) in [6, 6.07) is 17.1. The van der Waals surface area contributed by atoms with E-state index in [2.05, 4.69) is 15.6 Å². The van der Waals surface area contributed by atoms with Gasteiger partial charge in [-0.25, -0.2) is 0 Å². The molecule has 0 bridgehead atoms. The number of carbonyl (C=O) groups excluding carboxylic acids is 1. The maximum absolute atomic E-state index is 13.0. The average Bonchev–Trinajstić information content (AvgIpc) is 3.06. The largest absolute Gasteiger partial charge is 0.493 e. The highest BCUT2D eigenvalue weighted by Crippen LogP contribution is 2.42. The van der Waals surface area contributed by atoms with Gasteiger partial charge in [0, 0.05) is 36.2 Å². The zero-order valence-electron chi connectivity index (χ0n) is 20.0. The molecule has 1 aliphatic heterocycles. The van der Waals surface area contributed by atoms with Crippen molar-refractivity contribution in [2.24, 2.45) is 0 Å². The molecule has 1 aromatic heterocycles. The van der Waals surface area contributed by atoms with Crippen molar-refractivity contribution in [1.82, 2.24) is 4.98 Å². The maximum atomic E-state index is 13.0. The number of carbonyl (C=O) groups is 1. The number of nitrogens with zero attached hydrogens (tertiary/aromatic N) is 2. The topological polar surface area (TPSA) is 125 Å². The number of nitrogens with one attached hydrogen (secondary N) is 2. The zero-order valence-corrected chi connectivity index (χ0v) is 20.0. The van der Waals surface area contributed by atoms with E-state index in [0.29, 0.717) is 39.7 Å². The first kappa shape index (κ1) is 23.6. The fourth-order valence-electron chi connectivity index (χ4n) is 4.05. The lowest BCUT2D eigenvalue weighted by Crippen LogP contribution is -2.10. The van der Waals surface area contributed by atoms with E-state index in [1.54, 1.807) is 48.8 Å². The van der Waals surface area contributed by atoms with Crippen LogP contribution in [0.25, 0.3) is 11.1 Å². The number of fused-ring (bicyclic) bond motifs is 2. The summed E-state index contributed by atoms with van der Waals surface area (Å²) in [6.07, 6.45) is 3.41. The number of aromatic nitrogens is 1. The van der Waals surface area contributed by atoms with Gasteiger partial charge in [-0.05, 0) is 41.5 Å². The Labute approximate surface area is 212 Å². The molecule has 186 valence electrons. The summed E-state index contributed by atoms with van der Waals surface area (Å²) in [4.78, 5) is 27.9. The molecule has 37 heavy (non-hydrogen) atoms. The molecule has 3 aromatic carbocycles. The monoisotopic (exact) mass is 498 g/mol. The lowest BCUT2D eigenvalue weighted by Gasteiger charge is -2.16. The molecule has 10 heteroatoms. The summed E-state index contributed by atoms with van der Waals surface area (Å²) in [5.41, 5.74) is 4.37. The van der Waals surface area contributed by atoms with Crippen LogP contribution >= 0.6 is 0 Å². The number of anilines is 3. The van der Waals surface area contributed by atoms with Crippen molar-refractivity contribution < 1.29 is 23.9 Å². The quantitative estimate of drug-likeness (QED) is 0.251. The predicted octanol–water partition coefficient (Wildman–Crippen LogP) is 5.56. The first-order valence-corrected chi connectivity index (χ1v) is 11.3. The van der Waals surface area contributed by atoms with Crippen molar-refractivity contribution in [1.29, 1.82) is 0 Å². The summed E-state index contributed by atoms with van der Waals surface area (Å²) in [5, 5.41) is 17.5. The second-order valence-electron chi connectivity index (χ2n) is 8.18. The number of rotatable bonds is 7. The van der Waals surface area contributed by atoms with Crippen LogP contribution in [0, 0.1) is 10.1 Å². The van der Waals surface area contributed by atoms with E-state index < -0.39 is 4.92 Å². The Bertz CT molecular complexity index is 1510. The van der Waals surface area contributed by atoms with Crippen LogP contribution in [0.3, 0.4) is 0 Å². The van der Waals surface area contributed by atoms with Gasteiger partial charge in [0.25, 0.3) is 5.91 Å². The molecule has 5 rings (SSSR count). The average molecular weight is 498 g/mol. The number of ether oxygens (including phenoxy) is 3. The molecule has 2 N–H and O–H groups in total. The molecule has 0 unspecified atom stereocenters. The predicted molar refractivity (Wildman–Crippen MR) is 138 cm³/mol. The van der Waals surface area contributed by atoms with E-state index in [1.807, 2.05) is 18.2 Å². The molecule has 0 radical (unpaired) electrons. The Morgan fingerprint density at radius 3 is 2.32 bits per heavy atom. The van der Waals surface area contributed by atoms with Gasteiger partial charge in [0.2, 0.25) is 0 Å². The van der Waals surface area contributed by atoms with E-state index in [9.17, 15) is 14.9 Å². The number of hydrogen-bond donors (Lipinski definition) is 2. The summed E-state index contributed by atoms with van der Waals surface area (Å²) in [5.74, 6) is 0.817. The van der Waals surface area contributed by atoms with Crippen LogP contribution in [-0.4, -0.2) is 30.0 Å². The van der Waals surface area contributed by atoms with Gasteiger partial charge >= 0.3 is 5.69 Å². The van der Waals surface area contributed by atoms with Gasteiger partial charge in [0.05, 0.1) is 41.8 Å². The van der Waals surface area contributed by atoms with Crippen LogP contribution in [0.4, 0.5) is 22.7 Å². The fraction of sp³-hybridized carbons (Fsp3) is 0.111. The van der Waals surface area contributed by atoms with Gasteiger partial charge in [-0.15, -0.1) is 0 Å². The normalized spacial score (nSPS) is 11.8. The first-order chi connectivity index (χ1) is 18.0. The third-order valence-electron chi connectivity index (χ3n) is 5.91. The molecular weight excluding hydrogens is 476 g/mol. The van der Waals surface area contributed by atoms with Crippen LogP contribution in [0.2, 0.25) is 0 Å². The van der Waals surface area contributed by atoms with Gasteiger partial charge in [-0.2, -0.15) is 0 Å². The van der Waals surface area contributed by atoms with Crippen molar-refractivity contribution in [2.45, 2.75) is 6.61 Å². The van der Waals surface area contributed by atoms with Crippen LogP contribution in [0.15, 0.2) is 73.1 Å². The third-order valence-corrected chi connectivity index (χ3v) is 5.91. The number of hydrogen-bond acceptors (Lipinski definition) is 8. The molecule has 0 aliphatic carbocycles. The summed E-state index contributed by atoms with van der Waals surface area (Å²) in [7, 11) is 2.91. The SMILES string of the molecule is COc1cc2c(cc1OCc1cccnc1)Nc1cc(-c3ccc([N+](=O)[O-])c(OC)c3)ccc1C(=O)N2. The number of benzene rings is 3. The summed E-state index contributed by atoms with van der Waals surface area (Å²) in [6.45, 7) is 0.290. The smallest absolute Gasteiger partial charge is 0.310 e. The Hall–Kier alpha value is -5.12. The standard InChI is InChI=1S/C27H22N4O6/c1-35-24-11-18(6-8-23(24)31(33)34)17-5-7-19-20(10-17)29-21-13-26(37-15-16-4-3-9-28-14-16)25(36-2)12-22(21)30-27(19)32/h3-14,29H,15H2,1-2H3,(H,30,32). The van der Waals surface area contributed by atoms with Crippen molar-refractivity contribution in [3.8, 4) is 28.4 Å². The summed E-state index contributed by atoms with van der Waals surface area (Å²) >= 11 is 0. The minimum Gasteiger partial charge on any atom is -0.493 e. The van der Waals surface area contributed by atoms with Gasteiger partial charge in [-0.1, -0.05) is 12.1 Å². The molecule has 0 spiro atoms. The van der Waals surface area contributed by atoms with Crippen LogP contribution in [0.1, 0.15) is 15.9 Å². The van der Waals surface area contributed by atoms with Crippen LogP contribution in [0.5, 0.6) is 17.2 Å². The molecule has 1 aliphatic rings. The minimum absolute atomic E-state index is 0.125. The highest BCUT2D eigenvalue weighted by Gasteiger charge is 2.23. The molecule has 2 heterocycles. The van der Waals surface area contributed by atoms with Gasteiger partial charge in [0.1, 0.15) is 6.61 Å². The second kappa shape index (κ2) is 9.86. The van der Waals surface area contributed by atoms with Crippen molar-refractivity contribution in [3.63, 3.8) is 0 Å². The van der Waals surface area contributed by atoms with E-state index in [-0.39, 0.29) is 24.0 Å². The van der Waals surface area contributed by atoms with Crippen molar-refractivity contribution >= 4 is 28.7 Å². The molecule has 0 saturated heterocycles. The van der Waals surface area contributed by atoms with Crippen molar-refractivity contribution in [3.05, 3.63) is 94.3 Å². The maximum Gasteiger partial charge on any atom is 0.310 e. The lowest BCUT2D eigenvalue weighted by molar-refractivity contribution is -0.385.